The number of amides is 1. The zero-order chi connectivity index (χ0) is 30.1. The first-order chi connectivity index (χ1) is 20.9. The lowest BCUT2D eigenvalue weighted by Gasteiger charge is -2.41. The van der Waals surface area contributed by atoms with E-state index in [0.717, 1.165) is 37.0 Å². The number of sulfonamides is 1. The van der Waals surface area contributed by atoms with Crippen LogP contribution in [0.2, 0.25) is 0 Å². The minimum absolute atomic E-state index is 0.131. The molecule has 0 radical (unpaired) electrons. The van der Waals surface area contributed by atoms with E-state index in [1.165, 1.54) is 6.42 Å². The summed E-state index contributed by atoms with van der Waals surface area (Å²) in [7, 11) is -3.44. The zero-order valence-electron chi connectivity index (χ0n) is 24.7. The van der Waals surface area contributed by atoms with Crippen molar-refractivity contribution in [3.8, 4) is 17.4 Å². The van der Waals surface area contributed by atoms with Crippen molar-refractivity contribution in [3.63, 3.8) is 0 Å². The van der Waals surface area contributed by atoms with Crippen molar-refractivity contribution in [2.45, 2.75) is 64.3 Å². The second kappa shape index (κ2) is 14.6. The third-order valence-corrected chi connectivity index (χ3v) is 9.77. The summed E-state index contributed by atoms with van der Waals surface area (Å²) in [6, 6.07) is 7.17. The second-order valence-corrected chi connectivity index (χ2v) is 13.1. The SMILES string of the molecule is CCCCCCCCS(=O)(=O)N1CCN(c2ccnc(-n3ccnc3)n2)C(CC(=O)NCCc2ccc3c(c2)OCO3)C1. The highest BCUT2D eigenvalue weighted by Crippen LogP contribution is 2.32. The van der Waals surface area contributed by atoms with Gasteiger partial charge in [0.25, 0.3) is 0 Å². The molecule has 1 aromatic carbocycles. The standard InChI is InChI=1S/C30H41N7O5S/c1-2-3-4-5-6-7-18-43(39,40)36-16-17-37(28-11-13-33-30(34-28)35-15-14-31-22-35)25(21-36)20-29(38)32-12-10-24-8-9-26-27(19-24)42-23-41-26/h8-9,11,13-15,19,22,25H,2-7,10,12,16-18,20-21,23H2,1H3,(H,32,38). The number of carbonyl (C=O) groups is 1. The van der Waals surface area contributed by atoms with Gasteiger partial charge in [-0.1, -0.05) is 45.1 Å². The molecule has 4 heterocycles. The van der Waals surface area contributed by atoms with Crippen LogP contribution in [0.5, 0.6) is 11.5 Å². The number of nitrogens with zero attached hydrogens (tertiary/aromatic N) is 6. The summed E-state index contributed by atoms with van der Waals surface area (Å²) in [6.07, 6.45) is 13.6. The number of imidazole rings is 1. The number of hydrogen-bond acceptors (Lipinski definition) is 9. The lowest BCUT2D eigenvalue weighted by molar-refractivity contribution is -0.121. The lowest BCUT2D eigenvalue weighted by Crippen LogP contribution is -2.56. The molecule has 43 heavy (non-hydrogen) atoms. The third kappa shape index (κ3) is 8.23. The Kier molecular flexibility index (Phi) is 10.5. The fraction of sp³-hybridized carbons (Fsp3) is 0.533. The molecule has 1 N–H and O–H groups in total. The van der Waals surface area contributed by atoms with Crippen molar-refractivity contribution in [2.24, 2.45) is 0 Å². The average Bonchev–Trinajstić information content (AvgIpc) is 3.72. The maximum Gasteiger partial charge on any atom is 0.236 e. The van der Waals surface area contributed by atoms with Crippen LogP contribution in [0.25, 0.3) is 5.95 Å². The van der Waals surface area contributed by atoms with Gasteiger partial charge in [0.05, 0.1) is 11.8 Å². The molecule has 13 heteroatoms. The van der Waals surface area contributed by atoms with Crippen molar-refractivity contribution < 1.29 is 22.7 Å². The topological polar surface area (TPSA) is 132 Å². The molecule has 0 aliphatic carbocycles. The van der Waals surface area contributed by atoms with Gasteiger partial charge in [-0.3, -0.25) is 9.36 Å². The van der Waals surface area contributed by atoms with Gasteiger partial charge in [0.1, 0.15) is 12.1 Å². The molecule has 12 nitrogen and oxygen atoms in total. The fourth-order valence-electron chi connectivity index (χ4n) is 5.48. The number of unbranched alkanes of at least 4 members (excludes halogenated alkanes) is 5. The van der Waals surface area contributed by atoms with Crippen LogP contribution in [0.4, 0.5) is 5.82 Å². The van der Waals surface area contributed by atoms with E-state index in [9.17, 15) is 13.2 Å². The number of nitrogens with one attached hydrogen (secondary N) is 1. The molecule has 1 unspecified atom stereocenters. The van der Waals surface area contributed by atoms with E-state index < -0.39 is 10.0 Å². The van der Waals surface area contributed by atoms with Gasteiger partial charge in [0.15, 0.2) is 11.5 Å². The quantitative estimate of drug-likeness (QED) is 0.257. The van der Waals surface area contributed by atoms with Gasteiger partial charge >= 0.3 is 0 Å². The summed E-state index contributed by atoms with van der Waals surface area (Å²) >= 11 is 0. The molecule has 0 bridgehead atoms. The Labute approximate surface area is 253 Å². The maximum absolute atomic E-state index is 13.3. The number of carbonyl (C=O) groups excluding carboxylic acids is 1. The van der Waals surface area contributed by atoms with Gasteiger partial charge in [0.2, 0.25) is 28.7 Å². The first-order valence-corrected chi connectivity index (χ1v) is 16.7. The van der Waals surface area contributed by atoms with E-state index in [0.29, 0.717) is 50.0 Å². The van der Waals surface area contributed by atoms with E-state index in [1.54, 1.807) is 39.9 Å². The number of ether oxygens (including phenoxy) is 2. The third-order valence-electron chi connectivity index (χ3n) is 7.85. The molecule has 3 aromatic rings. The Morgan fingerprint density at radius 1 is 1.05 bits per heavy atom. The molecular weight excluding hydrogens is 570 g/mol. The zero-order valence-corrected chi connectivity index (χ0v) is 25.5. The first-order valence-electron chi connectivity index (χ1n) is 15.1. The van der Waals surface area contributed by atoms with Crippen LogP contribution >= 0.6 is 0 Å². The van der Waals surface area contributed by atoms with Gasteiger partial charge in [-0.25, -0.2) is 18.4 Å². The highest BCUT2D eigenvalue weighted by Gasteiger charge is 2.35. The largest absolute Gasteiger partial charge is 0.454 e. The molecule has 5 rings (SSSR count). The summed E-state index contributed by atoms with van der Waals surface area (Å²) in [5.74, 6) is 2.52. The summed E-state index contributed by atoms with van der Waals surface area (Å²) in [4.78, 5) is 28.3. The van der Waals surface area contributed by atoms with E-state index >= 15 is 0 Å². The highest BCUT2D eigenvalue weighted by atomic mass is 32.2. The van der Waals surface area contributed by atoms with E-state index in [4.69, 9.17) is 14.5 Å². The van der Waals surface area contributed by atoms with Crippen LogP contribution in [0.3, 0.4) is 0 Å². The minimum atomic E-state index is -3.44. The van der Waals surface area contributed by atoms with Gasteiger partial charge in [-0.15, -0.1) is 0 Å². The predicted molar refractivity (Wildman–Crippen MR) is 163 cm³/mol. The van der Waals surface area contributed by atoms with Crippen molar-refractivity contribution in [1.82, 2.24) is 29.1 Å². The molecular formula is C30H41N7O5S. The minimum Gasteiger partial charge on any atom is -0.454 e. The number of piperazine rings is 1. The van der Waals surface area contributed by atoms with Crippen LogP contribution in [0.15, 0.2) is 49.2 Å². The van der Waals surface area contributed by atoms with Crippen LogP contribution < -0.4 is 19.7 Å². The fourth-order valence-corrected chi connectivity index (χ4v) is 7.07. The van der Waals surface area contributed by atoms with Gasteiger partial charge < -0.3 is 19.7 Å². The van der Waals surface area contributed by atoms with E-state index in [2.05, 4.69) is 22.2 Å². The molecule has 2 aliphatic heterocycles. The highest BCUT2D eigenvalue weighted by molar-refractivity contribution is 7.89. The number of rotatable bonds is 15. The van der Waals surface area contributed by atoms with Gasteiger partial charge in [0, 0.05) is 51.2 Å². The predicted octanol–water partition coefficient (Wildman–Crippen LogP) is 3.32. The molecule has 2 aromatic heterocycles. The Bertz CT molecular complexity index is 1450. The molecule has 1 saturated heterocycles. The van der Waals surface area contributed by atoms with Crippen LogP contribution in [-0.4, -0.2) is 82.9 Å². The number of anilines is 1. The lowest BCUT2D eigenvalue weighted by atomic mass is 10.1. The molecule has 2 aliphatic rings. The Hall–Kier alpha value is -3.71. The number of benzene rings is 1. The summed E-state index contributed by atoms with van der Waals surface area (Å²) in [5.41, 5.74) is 1.03. The molecule has 1 fully saturated rings. The van der Waals surface area contributed by atoms with Gasteiger partial charge in [-0.05, 0) is 36.6 Å². The molecule has 232 valence electrons. The molecule has 1 amide bonds. The molecule has 1 atom stereocenters. The van der Waals surface area contributed by atoms with Crippen LogP contribution in [0, 0.1) is 0 Å². The van der Waals surface area contributed by atoms with Crippen LogP contribution in [-0.2, 0) is 21.2 Å². The molecule has 0 spiro atoms. The van der Waals surface area contributed by atoms with Crippen molar-refractivity contribution in [1.29, 1.82) is 0 Å². The van der Waals surface area contributed by atoms with Crippen molar-refractivity contribution >= 4 is 21.7 Å². The average molecular weight is 612 g/mol. The smallest absolute Gasteiger partial charge is 0.236 e. The maximum atomic E-state index is 13.3. The number of fused-ring (bicyclic) bond motifs is 1. The number of aromatic nitrogens is 4. The van der Waals surface area contributed by atoms with Gasteiger partial charge in [-0.2, -0.15) is 9.29 Å². The van der Waals surface area contributed by atoms with Crippen LogP contribution in [0.1, 0.15) is 57.4 Å². The van der Waals surface area contributed by atoms with E-state index in [-0.39, 0.29) is 37.5 Å². The Morgan fingerprint density at radius 3 is 2.72 bits per heavy atom. The summed E-state index contributed by atoms with van der Waals surface area (Å²) in [5, 5.41) is 3.01. The van der Waals surface area contributed by atoms with E-state index in [1.807, 2.05) is 23.1 Å². The number of hydrogen-bond donors (Lipinski definition) is 1. The van der Waals surface area contributed by atoms with Crippen molar-refractivity contribution in [3.05, 3.63) is 54.7 Å². The van der Waals surface area contributed by atoms with Crippen molar-refractivity contribution in [2.75, 3.05) is 43.6 Å². The Morgan fingerprint density at radius 2 is 1.88 bits per heavy atom. The molecule has 0 saturated carbocycles. The Balaban J connectivity index is 1.23. The second-order valence-electron chi connectivity index (χ2n) is 11.0. The normalized spacial score (nSPS) is 16.9. The summed E-state index contributed by atoms with van der Waals surface area (Å²) < 4.78 is 40.7. The monoisotopic (exact) mass is 611 g/mol. The first kappa shape index (κ1) is 30.7. The summed E-state index contributed by atoms with van der Waals surface area (Å²) in [6.45, 7) is 3.81.